The second kappa shape index (κ2) is 7.03. The van der Waals surface area contributed by atoms with Gasteiger partial charge in [-0.05, 0) is 31.2 Å². The minimum absolute atomic E-state index is 0.186. The Balaban J connectivity index is 1.51. The lowest BCUT2D eigenvalue weighted by Crippen LogP contribution is -2.28. The van der Waals surface area contributed by atoms with Crippen molar-refractivity contribution in [2.24, 2.45) is 0 Å². The number of benzene rings is 1. The number of hydrogen-bond acceptors (Lipinski definition) is 7. The highest BCUT2D eigenvalue weighted by Crippen LogP contribution is 2.05. The molecule has 0 saturated heterocycles. The maximum Gasteiger partial charge on any atom is 0.328 e. The summed E-state index contributed by atoms with van der Waals surface area (Å²) in [5.74, 6) is -0.682. The molecular weight excluding hydrogens is 362 g/mol. The molecule has 0 N–H and O–H groups in total. The van der Waals surface area contributed by atoms with E-state index < -0.39 is 11.5 Å². The smallest absolute Gasteiger partial charge is 0.328 e. The molecule has 0 amide bonds. The van der Waals surface area contributed by atoms with Crippen molar-refractivity contribution in [1.82, 2.24) is 24.4 Å². The fourth-order valence-corrected chi connectivity index (χ4v) is 2.89. The molecule has 140 valence electrons. The molecule has 4 rings (SSSR count). The number of pyridine rings is 1. The highest BCUT2D eigenvalue weighted by atomic mass is 16.5. The van der Waals surface area contributed by atoms with Crippen LogP contribution >= 0.6 is 0 Å². The van der Waals surface area contributed by atoms with Crippen LogP contribution in [-0.4, -0.2) is 30.3 Å². The average molecular weight is 377 g/mol. The Kier molecular flexibility index (Phi) is 4.40. The van der Waals surface area contributed by atoms with Gasteiger partial charge in [0.15, 0.2) is 0 Å². The fraction of sp³-hybridized carbons (Fsp3) is 0.158. The van der Waals surface area contributed by atoms with E-state index in [1.54, 1.807) is 49.4 Å². The summed E-state index contributed by atoms with van der Waals surface area (Å²) in [7, 11) is 0. The standard InChI is InChI=1S/C19H15N5O4/c1-12-5-4-8-16-20-13(9-17(25)24(12)16)11-28-18(26)10-23-19(27)14-6-2-3-7-15(14)21-22-23/h2-9H,10-11H2,1H3. The summed E-state index contributed by atoms with van der Waals surface area (Å²) in [5, 5.41) is 8.03. The van der Waals surface area contributed by atoms with Gasteiger partial charge >= 0.3 is 5.97 Å². The van der Waals surface area contributed by atoms with Crippen LogP contribution in [0.5, 0.6) is 0 Å². The summed E-state index contributed by atoms with van der Waals surface area (Å²) in [5.41, 5.74) is 1.31. The molecule has 0 saturated carbocycles. The SMILES string of the molecule is Cc1cccc2nc(COC(=O)Cn3nnc4ccccc4c3=O)cc(=O)n12. The second-order valence-corrected chi connectivity index (χ2v) is 6.18. The summed E-state index contributed by atoms with van der Waals surface area (Å²) >= 11 is 0. The first-order valence-corrected chi connectivity index (χ1v) is 8.49. The summed E-state index contributed by atoms with van der Waals surface area (Å²) in [6.45, 7) is 1.23. The van der Waals surface area contributed by atoms with Gasteiger partial charge in [-0.3, -0.25) is 18.8 Å². The Hall–Kier alpha value is -3.88. The molecule has 4 aromatic rings. The molecule has 0 spiro atoms. The Morgan fingerprint density at radius 3 is 2.79 bits per heavy atom. The van der Waals surface area contributed by atoms with Crippen molar-refractivity contribution in [2.45, 2.75) is 20.1 Å². The van der Waals surface area contributed by atoms with Gasteiger partial charge in [0, 0.05) is 11.8 Å². The minimum atomic E-state index is -0.682. The van der Waals surface area contributed by atoms with Crippen LogP contribution in [0.4, 0.5) is 0 Å². The van der Waals surface area contributed by atoms with Crippen LogP contribution in [0, 0.1) is 6.92 Å². The number of carbonyl (C=O) groups excluding carboxylic acids is 1. The van der Waals surface area contributed by atoms with Gasteiger partial charge in [0.1, 0.15) is 24.3 Å². The molecule has 0 unspecified atom stereocenters. The number of rotatable bonds is 4. The van der Waals surface area contributed by atoms with Gasteiger partial charge in [-0.1, -0.05) is 23.4 Å². The first-order chi connectivity index (χ1) is 13.5. The molecule has 3 aromatic heterocycles. The van der Waals surface area contributed by atoms with Gasteiger partial charge in [0.05, 0.1) is 11.1 Å². The maximum atomic E-state index is 12.4. The van der Waals surface area contributed by atoms with E-state index in [0.717, 1.165) is 10.4 Å². The average Bonchev–Trinajstić information content (AvgIpc) is 2.68. The summed E-state index contributed by atoms with van der Waals surface area (Å²) in [6, 6.07) is 13.3. The molecule has 0 fully saturated rings. The lowest BCUT2D eigenvalue weighted by atomic mass is 10.2. The molecule has 9 nitrogen and oxygen atoms in total. The maximum absolute atomic E-state index is 12.4. The lowest BCUT2D eigenvalue weighted by Gasteiger charge is -2.08. The van der Waals surface area contributed by atoms with E-state index in [1.807, 2.05) is 0 Å². The van der Waals surface area contributed by atoms with Crippen molar-refractivity contribution in [3.8, 4) is 0 Å². The first-order valence-electron chi connectivity index (χ1n) is 8.49. The van der Waals surface area contributed by atoms with E-state index in [4.69, 9.17) is 4.74 Å². The van der Waals surface area contributed by atoms with Crippen molar-refractivity contribution in [2.75, 3.05) is 0 Å². The Morgan fingerprint density at radius 2 is 1.93 bits per heavy atom. The monoisotopic (exact) mass is 377 g/mol. The van der Waals surface area contributed by atoms with Gasteiger partial charge < -0.3 is 4.74 Å². The highest BCUT2D eigenvalue weighted by molar-refractivity contribution is 5.77. The number of esters is 1. The van der Waals surface area contributed by atoms with E-state index in [-0.39, 0.29) is 18.7 Å². The van der Waals surface area contributed by atoms with Crippen LogP contribution in [0.25, 0.3) is 16.6 Å². The van der Waals surface area contributed by atoms with E-state index in [1.165, 1.54) is 10.5 Å². The molecule has 0 radical (unpaired) electrons. The first kappa shape index (κ1) is 17.5. The van der Waals surface area contributed by atoms with Crippen LogP contribution in [0.3, 0.4) is 0 Å². The molecule has 0 aliphatic heterocycles. The number of carbonyl (C=O) groups is 1. The van der Waals surface area contributed by atoms with Crippen molar-refractivity contribution < 1.29 is 9.53 Å². The minimum Gasteiger partial charge on any atom is -0.458 e. The molecule has 0 aliphatic carbocycles. The molecular formula is C19H15N5O4. The van der Waals surface area contributed by atoms with E-state index >= 15 is 0 Å². The van der Waals surface area contributed by atoms with Gasteiger partial charge in [0.25, 0.3) is 11.1 Å². The van der Waals surface area contributed by atoms with Crippen LogP contribution in [0.15, 0.2) is 58.1 Å². The third-order valence-corrected chi connectivity index (χ3v) is 4.22. The topological polar surface area (TPSA) is 108 Å². The molecule has 0 bridgehead atoms. The third kappa shape index (κ3) is 3.25. The third-order valence-electron chi connectivity index (χ3n) is 4.22. The highest BCUT2D eigenvalue weighted by Gasteiger charge is 2.12. The number of ether oxygens (including phenoxy) is 1. The van der Waals surface area contributed by atoms with Gasteiger partial charge in [-0.2, -0.15) is 4.68 Å². The summed E-state index contributed by atoms with van der Waals surface area (Å²) < 4.78 is 7.57. The summed E-state index contributed by atoms with van der Waals surface area (Å²) in [6.07, 6.45) is 0. The van der Waals surface area contributed by atoms with Crippen LogP contribution in [-0.2, 0) is 22.7 Å². The van der Waals surface area contributed by atoms with Gasteiger partial charge in [0.2, 0.25) is 0 Å². The molecule has 1 aromatic carbocycles. The number of hydrogen-bond donors (Lipinski definition) is 0. The fourth-order valence-electron chi connectivity index (χ4n) is 2.89. The Labute approximate surface area is 157 Å². The van der Waals surface area contributed by atoms with Crippen molar-refractivity contribution in [1.29, 1.82) is 0 Å². The predicted octanol–water partition coefficient (Wildman–Crippen LogP) is 0.851. The zero-order chi connectivity index (χ0) is 19.7. The van der Waals surface area contributed by atoms with Gasteiger partial charge in [-0.25, -0.2) is 4.98 Å². The molecule has 28 heavy (non-hydrogen) atoms. The number of aromatic nitrogens is 5. The molecule has 0 atom stereocenters. The van der Waals surface area contributed by atoms with Crippen LogP contribution in [0.2, 0.25) is 0 Å². The van der Waals surface area contributed by atoms with Gasteiger partial charge in [-0.15, -0.1) is 5.10 Å². The molecule has 3 heterocycles. The Bertz CT molecular complexity index is 1330. The van der Waals surface area contributed by atoms with E-state index in [0.29, 0.717) is 22.2 Å². The normalized spacial score (nSPS) is 11.0. The zero-order valence-corrected chi connectivity index (χ0v) is 14.9. The van der Waals surface area contributed by atoms with Crippen LogP contribution in [0.1, 0.15) is 11.4 Å². The van der Waals surface area contributed by atoms with E-state index in [9.17, 15) is 14.4 Å². The Morgan fingerprint density at radius 1 is 1.11 bits per heavy atom. The summed E-state index contributed by atoms with van der Waals surface area (Å²) in [4.78, 5) is 41.0. The van der Waals surface area contributed by atoms with Crippen molar-refractivity contribution >= 4 is 22.5 Å². The van der Waals surface area contributed by atoms with Crippen LogP contribution < -0.4 is 11.1 Å². The van der Waals surface area contributed by atoms with E-state index in [2.05, 4.69) is 15.3 Å². The van der Waals surface area contributed by atoms with Crippen molar-refractivity contribution in [3.05, 3.63) is 80.6 Å². The number of fused-ring (bicyclic) bond motifs is 2. The molecule has 9 heteroatoms. The second-order valence-electron chi connectivity index (χ2n) is 6.18. The molecule has 0 aliphatic rings. The predicted molar refractivity (Wildman–Crippen MR) is 99.8 cm³/mol. The number of nitrogens with zero attached hydrogens (tertiary/aromatic N) is 5. The quantitative estimate of drug-likeness (QED) is 0.485. The zero-order valence-electron chi connectivity index (χ0n) is 14.9. The van der Waals surface area contributed by atoms with Crippen molar-refractivity contribution in [3.63, 3.8) is 0 Å². The number of aryl methyl sites for hydroxylation is 1. The largest absolute Gasteiger partial charge is 0.458 e. The lowest BCUT2D eigenvalue weighted by molar-refractivity contribution is -0.146.